The van der Waals surface area contributed by atoms with Crippen LogP contribution in [0, 0.1) is 0 Å². The second-order valence-electron chi connectivity index (χ2n) is 5.08. The normalized spacial score (nSPS) is 36.8. The summed E-state index contributed by atoms with van der Waals surface area (Å²) in [4.78, 5) is 0. The highest BCUT2D eigenvalue weighted by atomic mass is 16.6. The summed E-state index contributed by atoms with van der Waals surface area (Å²) in [5.74, 6) is 0. The second kappa shape index (κ2) is 3.72. The molecule has 3 heteroatoms. The van der Waals surface area contributed by atoms with Crippen LogP contribution in [-0.2, 0) is 14.2 Å². The molecule has 88 valence electrons. The van der Waals surface area contributed by atoms with Crippen LogP contribution in [0.3, 0.4) is 0 Å². The lowest BCUT2D eigenvalue weighted by molar-refractivity contribution is -0.162. The summed E-state index contributed by atoms with van der Waals surface area (Å²) >= 11 is 0. The number of hydrogen-bond donors (Lipinski definition) is 0. The Hall–Kier alpha value is -0.120. The maximum absolute atomic E-state index is 6.32. The molecule has 4 atom stereocenters. The fourth-order valence-electron chi connectivity index (χ4n) is 2.07. The van der Waals surface area contributed by atoms with Crippen LogP contribution in [0.15, 0.2) is 0 Å². The van der Waals surface area contributed by atoms with Gasteiger partial charge in [-0.3, -0.25) is 0 Å². The molecule has 3 nitrogen and oxygen atoms in total. The summed E-state index contributed by atoms with van der Waals surface area (Å²) in [7, 11) is 0. The maximum Gasteiger partial charge on any atom is 0.110 e. The van der Waals surface area contributed by atoms with Crippen molar-refractivity contribution in [1.29, 1.82) is 0 Å². The van der Waals surface area contributed by atoms with E-state index in [1.54, 1.807) is 0 Å². The van der Waals surface area contributed by atoms with Gasteiger partial charge in [-0.1, -0.05) is 13.8 Å². The van der Waals surface area contributed by atoms with E-state index in [-0.39, 0.29) is 23.4 Å². The Morgan fingerprint density at radius 2 is 1.33 bits per heavy atom. The van der Waals surface area contributed by atoms with E-state index < -0.39 is 0 Å². The van der Waals surface area contributed by atoms with Crippen LogP contribution in [0.25, 0.3) is 0 Å². The van der Waals surface area contributed by atoms with Gasteiger partial charge >= 0.3 is 0 Å². The van der Waals surface area contributed by atoms with E-state index in [2.05, 4.69) is 27.7 Å². The number of epoxide rings is 2. The van der Waals surface area contributed by atoms with E-state index in [9.17, 15) is 0 Å². The zero-order valence-electron chi connectivity index (χ0n) is 10.2. The van der Waals surface area contributed by atoms with Gasteiger partial charge in [-0.25, -0.2) is 0 Å². The molecule has 2 aliphatic rings. The molecule has 2 aliphatic heterocycles. The SMILES string of the molecule is CCC(C)(OC(C)(CC)C1CO1)C1CO1. The van der Waals surface area contributed by atoms with Gasteiger partial charge in [0, 0.05) is 0 Å². The van der Waals surface area contributed by atoms with Gasteiger partial charge in [0.25, 0.3) is 0 Å². The van der Waals surface area contributed by atoms with Crippen LogP contribution in [0.5, 0.6) is 0 Å². The van der Waals surface area contributed by atoms with Crippen LogP contribution in [0.1, 0.15) is 40.5 Å². The van der Waals surface area contributed by atoms with Gasteiger partial charge in [-0.2, -0.15) is 0 Å². The minimum Gasteiger partial charge on any atom is -0.370 e. The predicted octanol–water partition coefficient (Wildman–Crippen LogP) is 2.14. The average molecular weight is 214 g/mol. The second-order valence-corrected chi connectivity index (χ2v) is 5.08. The minimum atomic E-state index is -0.142. The topological polar surface area (TPSA) is 34.3 Å². The Bertz CT molecular complexity index is 211. The summed E-state index contributed by atoms with van der Waals surface area (Å²) in [6.07, 6.45) is 2.54. The molecule has 0 N–H and O–H groups in total. The molecule has 0 aromatic rings. The average Bonchev–Trinajstić information content (AvgIpc) is 3.08. The van der Waals surface area contributed by atoms with Crippen LogP contribution in [0.4, 0.5) is 0 Å². The minimum absolute atomic E-state index is 0.142. The highest BCUT2D eigenvalue weighted by Crippen LogP contribution is 2.40. The van der Waals surface area contributed by atoms with Crippen molar-refractivity contribution in [1.82, 2.24) is 0 Å². The van der Waals surface area contributed by atoms with E-state index in [4.69, 9.17) is 14.2 Å². The molecular weight excluding hydrogens is 192 g/mol. The highest BCUT2D eigenvalue weighted by molar-refractivity contribution is 4.99. The van der Waals surface area contributed by atoms with Crippen LogP contribution >= 0.6 is 0 Å². The molecule has 0 aromatic carbocycles. The molecule has 4 unspecified atom stereocenters. The largest absolute Gasteiger partial charge is 0.370 e. The van der Waals surface area contributed by atoms with Crippen molar-refractivity contribution in [2.24, 2.45) is 0 Å². The van der Waals surface area contributed by atoms with E-state index in [1.165, 1.54) is 0 Å². The quantitative estimate of drug-likeness (QED) is 0.635. The van der Waals surface area contributed by atoms with Crippen molar-refractivity contribution in [3.8, 4) is 0 Å². The molecule has 2 saturated heterocycles. The van der Waals surface area contributed by atoms with Gasteiger partial charge in [0.1, 0.15) is 12.2 Å². The lowest BCUT2D eigenvalue weighted by atomic mass is 9.93. The van der Waals surface area contributed by atoms with Crippen LogP contribution in [-0.4, -0.2) is 36.6 Å². The Balaban J connectivity index is 2.03. The molecule has 0 radical (unpaired) electrons. The fourth-order valence-corrected chi connectivity index (χ4v) is 2.07. The first-order chi connectivity index (χ1) is 7.04. The third-order valence-corrected chi connectivity index (χ3v) is 3.90. The molecule has 2 heterocycles. The number of ether oxygens (including phenoxy) is 3. The Kier molecular flexibility index (Phi) is 2.82. The summed E-state index contributed by atoms with van der Waals surface area (Å²) in [6.45, 7) is 10.3. The van der Waals surface area contributed by atoms with Gasteiger partial charge in [0.15, 0.2) is 0 Å². The molecule has 2 rings (SSSR count). The van der Waals surface area contributed by atoms with E-state index in [0.29, 0.717) is 0 Å². The molecule has 0 amide bonds. The molecule has 2 fully saturated rings. The lowest BCUT2D eigenvalue weighted by Gasteiger charge is -2.38. The summed E-state index contributed by atoms with van der Waals surface area (Å²) < 4.78 is 17.1. The summed E-state index contributed by atoms with van der Waals surface area (Å²) in [5.41, 5.74) is -0.284. The molecule has 0 saturated carbocycles. The van der Waals surface area contributed by atoms with Crippen LogP contribution in [0.2, 0.25) is 0 Å². The van der Waals surface area contributed by atoms with Crippen molar-refractivity contribution in [3.05, 3.63) is 0 Å². The Morgan fingerprint density at radius 1 is 1.00 bits per heavy atom. The van der Waals surface area contributed by atoms with Gasteiger partial charge < -0.3 is 14.2 Å². The molecule has 0 spiro atoms. The fraction of sp³-hybridized carbons (Fsp3) is 1.00. The van der Waals surface area contributed by atoms with E-state index >= 15 is 0 Å². The van der Waals surface area contributed by atoms with Crippen LogP contribution < -0.4 is 0 Å². The van der Waals surface area contributed by atoms with Gasteiger partial charge in [0.2, 0.25) is 0 Å². The van der Waals surface area contributed by atoms with E-state index in [0.717, 1.165) is 26.1 Å². The molecule has 0 bridgehead atoms. The molecule has 0 aromatic heterocycles. The zero-order valence-corrected chi connectivity index (χ0v) is 10.2. The van der Waals surface area contributed by atoms with Crippen molar-refractivity contribution in [2.75, 3.05) is 13.2 Å². The molecule has 15 heavy (non-hydrogen) atoms. The van der Waals surface area contributed by atoms with Crippen molar-refractivity contribution < 1.29 is 14.2 Å². The van der Waals surface area contributed by atoms with E-state index in [1.807, 2.05) is 0 Å². The first kappa shape index (κ1) is 11.4. The lowest BCUT2D eigenvalue weighted by Crippen LogP contribution is -2.47. The zero-order chi connectivity index (χ0) is 11.1. The third kappa shape index (κ3) is 2.19. The molecular formula is C12H22O3. The predicted molar refractivity (Wildman–Crippen MR) is 58.0 cm³/mol. The van der Waals surface area contributed by atoms with Gasteiger partial charge in [0.05, 0.1) is 24.4 Å². The Morgan fingerprint density at radius 3 is 1.53 bits per heavy atom. The number of hydrogen-bond acceptors (Lipinski definition) is 3. The third-order valence-electron chi connectivity index (χ3n) is 3.90. The van der Waals surface area contributed by atoms with Crippen molar-refractivity contribution in [3.63, 3.8) is 0 Å². The Labute approximate surface area is 92.1 Å². The first-order valence-electron chi connectivity index (χ1n) is 5.97. The first-order valence-corrected chi connectivity index (χ1v) is 5.97. The summed E-state index contributed by atoms with van der Waals surface area (Å²) in [5, 5.41) is 0. The smallest absolute Gasteiger partial charge is 0.110 e. The van der Waals surface area contributed by atoms with Gasteiger partial charge in [-0.05, 0) is 26.7 Å². The summed E-state index contributed by atoms with van der Waals surface area (Å²) in [6, 6.07) is 0. The maximum atomic E-state index is 6.32. The van der Waals surface area contributed by atoms with Crippen molar-refractivity contribution >= 4 is 0 Å². The molecule has 0 aliphatic carbocycles. The monoisotopic (exact) mass is 214 g/mol. The van der Waals surface area contributed by atoms with Crippen molar-refractivity contribution in [2.45, 2.75) is 63.9 Å². The van der Waals surface area contributed by atoms with Gasteiger partial charge in [-0.15, -0.1) is 0 Å². The highest BCUT2D eigenvalue weighted by Gasteiger charge is 2.51. The standard InChI is InChI=1S/C12H22O3/c1-5-11(3,9-7-13-9)15-12(4,6-2)10-8-14-10/h9-10H,5-8H2,1-4H3. The number of rotatable bonds is 6.